The molecule has 0 radical (unpaired) electrons. The van der Waals surface area contributed by atoms with Crippen LogP contribution in [0.1, 0.15) is 30.9 Å². The maximum Gasteiger partial charge on any atom is 0.229 e. The minimum absolute atomic E-state index is 0.0461. The molecule has 116 valence electrons. The Bertz CT molecular complexity index is 797. The Hall–Kier alpha value is -2.62. The maximum atomic E-state index is 12.6. The lowest BCUT2D eigenvalue weighted by Crippen LogP contribution is -2.53. The first-order valence-corrected chi connectivity index (χ1v) is 7.86. The van der Waals surface area contributed by atoms with Crippen LogP contribution in [0.4, 0.5) is 11.4 Å². The Morgan fingerprint density at radius 2 is 1.70 bits per heavy atom. The van der Waals surface area contributed by atoms with Gasteiger partial charge in [0.05, 0.1) is 11.4 Å². The Morgan fingerprint density at radius 3 is 2.35 bits per heavy atom. The van der Waals surface area contributed by atoms with E-state index in [0.29, 0.717) is 12.8 Å². The molecular formula is C19H18N2O2. The molecule has 4 rings (SSSR count). The fraction of sp³-hybridized carbons (Fsp3) is 0.263. The number of carbonyl (C=O) groups is 2. The van der Waals surface area contributed by atoms with Gasteiger partial charge in [-0.3, -0.25) is 19.4 Å². The zero-order valence-electron chi connectivity index (χ0n) is 13.2. The topological polar surface area (TPSA) is 40.6 Å². The molecule has 0 aromatic heterocycles. The molecular weight excluding hydrogens is 288 g/mol. The van der Waals surface area contributed by atoms with E-state index in [1.165, 1.54) is 0 Å². The lowest BCUT2D eigenvalue weighted by Gasteiger charge is -2.39. The van der Waals surface area contributed by atoms with E-state index >= 15 is 0 Å². The second kappa shape index (κ2) is 4.69. The van der Waals surface area contributed by atoms with Crippen LogP contribution in [0, 0.1) is 6.92 Å². The van der Waals surface area contributed by atoms with Crippen molar-refractivity contribution in [2.24, 2.45) is 0 Å². The largest absolute Gasteiger partial charge is 0.282 e. The van der Waals surface area contributed by atoms with Gasteiger partial charge in [0.15, 0.2) is 5.66 Å². The Morgan fingerprint density at radius 1 is 1.04 bits per heavy atom. The first-order valence-electron chi connectivity index (χ1n) is 7.86. The number of anilines is 2. The Kier molecular flexibility index (Phi) is 2.85. The van der Waals surface area contributed by atoms with Crippen molar-refractivity contribution in [2.45, 2.75) is 32.4 Å². The van der Waals surface area contributed by atoms with Gasteiger partial charge in [-0.15, -0.1) is 0 Å². The zero-order valence-corrected chi connectivity index (χ0v) is 13.2. The summed E-state index contributed by atoms with van der Waals surface area (Å²) in [6, 6.07) is 15.8. The molecule has 1 unspecified atom stereocenters. The van der Waals surface area contributed by atoms with E-state index in [1.54, 1.807) is 11.8 Å². The quantitative estimate of drug-likeness (QED) is 0.810. The fourth-order valence-electron chi connectivity index (χ4n) is 3.95. The summed E-state index contributed by atoms with van der Waals surface area (Å²) in [5.74, 6) is 0.0250. The number of nitrogens with zero attached hydrogens (tertiary/aromatic N) is 2. The molecule has 0 aliphatic carbocycles. The molecule has 2 heterocycles. The van der Waals surface area contributed by atoms with E-state index in [4.69, 9.17) is 0 Å². The van der Waals surface area contributed by atoms with Crippen LogP contribution in [0.2, 0.25) is 0 Å². The van der Waals surface area contributed by atoms with Gasteiger partial charge < -0.3 is 0 Å². The van der Waals surface area contributed by atoms with Crippen molar-refractivity contribution in [1.29, 1.82) is 0 Å². The van der Waals surface area contributed by atoms with Crippen LogP contribution >= 0.6 is 0 Å². The standard InChI is InChI=1S/C19H18N2O2/c1-13-7-9-15(10-8-13)19-12-11-18(23)21(19)17-6-4-3-5-16(17)20(19)14(2)22/h3-10H,11-12H2,1-2H3. The molecule has 1 atom stereocenters. The summed E-state index contributed by atoms with van der Waals surface area (Å²) in [5, 5.41) is 0. The highest BCUT2D eigenvalue weighted by molar-refractivity contribution is 6.11. The second-order valence-electron chi connectivity index (χ2n) is 6.25. The molecule has 1 saturated heterocycles. The molecule has 0 saturated carbocycles. The number of carbonyl (C=O) groups excluding carboxylic acids is 2. The number of fused-ring (bicyclic) bond motifs is 3. The third kappa shape index (κ3) is 1.72. The molecule has 2 aliphatic heterocycles. The van der Waals surface area contributed by atoms with Crippen molar-refractivity contribution in [2.75, 3.05) is 9.80 Å². The summed E-state index contributed by atoms with van der Waals surface area (Å²) in [4.78, 5) is 28.7. The molecule has 4 heteroatoms. The summed E-state index contributed by atoms with van der Waals surface area (Å²) in [7, 11) is 0. The number of benzene rings is 2. The number of hydrogen-bond acceptors (Lipinski definition) is 2. The van der Waals surface area contributed by atoms with E-state index in [0.717, 1.165) is 22.5 Å². The van der Waals surface area contributed by atoms with Gasteiger partial charge in [-0.25, -0.2) is 0 Å². The van der Waals surface area contributed by atoms with Crippen LogP contribution in [0.25, 0.3) is 0 Å². The van der Waals surface area contributed by atoms with Gasteiger partial charge in [0.1, 0.15) is 0 Å². The first kappa shape index (κ1) is 14.0. The summed E-state index contributed by atoms with van der Waals surface area (Å²) < 4.78 is 0. The number of para-hydroxylation sites is 2. The van der Waals surface area contributed by atoms with Crippen LogP contribution in [0.3, 0.4) is 0 Å². The average molecular weight is 306 g/mol. The van der Waals surface area contributed by atoms with Gasteiger partial charge >= 0.3 is 0 Å². The summed E-state index contributed by atoms with van der Waals surface area (Å²) in [6.07, 6.45) is 1.06. The molecule has 1 fully saturated rings. The highest BCUT2D eigenvalue weighted by Crippen LogP contribution is 2.55. The minimum Gasteiger partial charge on any atom is -0.282 e. The predicted octanol–water partition coefficient (Wildman–Crippen LogP) is 3.34. The average Bonchev–Trinajstić information content (AvgIpc) is 3.02. The normalized spacial score (nSPS) is 22.3. The fourth-order valence-corrected chi connectivity index (χ4v) is 3.95. The van der Waals surface area contributed by atoms with Crippen molar-refractivity contribution < 1.29 is 9.59 Å². The number of rotatable bonds is 1. The molecule has 2 aromatic carbocycles. The lowest BCUT2D eigenvalue weighted by molar-refractivity contribution is -0.118. The highest BCUT2D eigenvalue weighted by atomic mass is 16.2. The monoisotopic (exact) mass is 306 g/mol. The molecule has 2 aliphatic rings. The van der Waals surface area contributed by atoms with Crippen LogP contribution < -0.4 is 9.80 Å². The van der Waals surface area contributed by atoms with Crippen molar-refractivity contribution in [3.05, 3.63) is 59.7 Å². The molecule has 0 bridgehead atoms. The van der Waals surface area contributed by atoms with Gasteiger partial charge in [0.25, 0.3) is 0 Å². The van der Waals surface area contributed by atoms with Crippen molar-refractivity contribution in [1.82, 2.24) is 0 Å². The van der Waals surface area contributed by atoms with E-state index < -0.39 is 5.66 Å². The summed E-state index contributed by atoms with van der Waals surface area (Å²) in [6.45, 7) is 3.60. The van der Waals surface area contributed by atoms with Crippen molar-refractivity contribution >= 4 is 23.2 Å². The number of amides is 2. The van der Waals surface area contributed by atoms with Crippen LogP contribution in [-0.4, -0.2) is 11.8 Å². The van der Waals surface area contributed by atoms with E-state index in [-0.39, 0.29) is 11.8 Å². The van der Waals surface area contributed by atoms with Gasteiger partial charge in [0, 0.05) is 19.8 Å². The first-order chi connectivity index (χ1) is 11.1. The molecule has 4 nitrogen and oxygen atoms in total. The highest BCUT2D eigenvalue weighted by Gasteiger charge is 2.58. The smallest absolute Gasteiger partial charge is 0.229 e. The number of aryl methyl sites for hydroxylation is 1. The minimum atomic E-state index is -0.722. The van der Waals surface area contributed by atoms with E-state index in [9.17, 15) is 9.59 Å². The van der Waals surface area contributed by atoms with Crippen molar-refractivity contribution in [3.63, 3.8) is 0 Å². The van der Waals surface area contributed by atoms with Gasteiger partial charge in [0.2, 0.25) is 11.8 Å². The van der Waals surface area contributed by atoms with Crippen LogP contribution in [0.5, 0.6) is 0 Å². The second-order valence-corrected chi connectivity index (χ2v) is 6.25. The van der Waals surface area contributed by atoms with E-state index in [2.05, 4.69) is 0 Å². The molecule has 23 heavy (non-hydrogen) atoms. The predicted molar refractivity (Wildman–Crippen MR) is 89.2 cm³/mol. The van der Waals surface area contributed by atoms with Crippen LogP contribution in [0.15, 0.2) is 48.5 Å². The Labute approximate surface area is 135 Å². The van der Waals surface area contributed by atoms with E-state index in [1.807, 2.05) is 60.4 Å². The summed E-state index contributed by atoms with van der Waals surface area (Å²) >= 11 is 0. The zero-order chi connectivity index (χ0) is 16.2. The van der Waals surface area contributed by atoms with Gasteiger partial charge in [-0.2, -0.15) is 0 Å². The van der Waals surface area contributed by atoms with Crippen molar-refractivity contribution in [3.8, 4) is 0 Å². The third-order valence-corrected chi connectivity index (χ3v) is 4.87. The summed E-state index contributed by atoms with van der Waals surface area (Å²) in [5.41, 5.74) is 3.06. The molecule has 2 amide bonds. The lowest BCUT2D eigenvalue weighted by atomic mass is 9.94. The van der Waals surface area contributed by atoms with Crippen LogP contribution in [-0.2, 0) is 15.3 Å². The SMILES string of the molecule is CC(=O)N1c2ccccc2N2C(=O)CCC12c1ccc(C)cc1. The van der Waals surface area contributed by atoms with Gasteiger partial charge in [-0.1, -0.05) is 42.0 Å². The van der Waals surface area contributed by atoms with Gasteiger partial charge in [-0.05, 0) is 24.6 Å². The molecule has 0 N–H and O–H groups in total. The molecule has 0 spiro atoms. The Balaban J connectivity index is 2.01. The maximum absolute atomic E-state index is 12.6. The molecule has 2 aromatic rings. The third-order valence-electron chi connectivity index (χ3n) is 4.87. The number of hydrogen-bond donors (Lipinski definition) is 0.